The first-order valence-electron chi connectivity index (χ1n) is 22.5. The summed E-state index contributed by atoms with van der Waals surface area (Å²) in [6.45, 7) is 22.0. The van der Waals surface area contributed by atoms with Gasteiger partial charge in [0.15, 0.2) is 22.9 Å². The third-order valence-electron chi connectivity index (χ3n) is 12.9. The molecule has 2 heterocycles. The highest BCUT2D eigenvalue weighted by atomic mass is 28.4. The van der Waals surface area contributed by atoms with Crippen LogP contribution in [0.4, 0.5) is 0 Å². The summed E-state index contributed by atoms with van der Waals surface area (Å²) in [5, 5.41) is 28.0. The molecule has 1 fully saturated rings. The smallest absolute Gasteiger partial charge is 0.333 e. The molecule has 6 N–H and O–H groups in total. The van der Waals surface area contributed by atoms with E-state index in [0.29, 0.717) is 30.7 Å². The first-order chi connectivity index (χ1) is 29.0. The van der Waals surface area contributed by atoms with Gasteiger partial charge in [0.25, 0.3) is 5.56 Å². The predicted octanol–water partition coefficient (Wildman–Crippen LogP) is 6.12. The van der Waals surface area contributed by atoms with Crippen molar-refractivity contribution in [2.75, 3.05) is 26.7 Å². The summed E-state index contributed by atoms with van der Waals surface area (Å²) in [6.07, 6.45) is 4.84. The SMILES string of the molecule is COc1ccc(Cn2c(=O)ccn([C@@H]3OC([C@H](O)[C@H](NCCCNC(=O)CCCCCCCCCCN)C(=O)O)[C@@H](O[Si](C)(C)C(C)(C)C)[C@H]3O[Si](C)(C)C(C)(C)C)c2=O)cc1. The number of hydrogen-bond donors (Lipinski definition) is 5. The standard InChI is InChI=1S/C45H79N5O10Si2/c1-44(2,3)61(8,9)59-39-38(37(53)36(42(54)55)48-29-20-28-47-34(51)21-18-16-14-12-13-15-17-19-27-46)58-41(40(39)60-62(10,11)45(4,5)6)49-30-26-35(52)50(43(49)56)31-32-22-24-33(57-7)25-23-32/h22-26,30,36-41,48,53H,12-21,27-29,31,46H2,1-11H3,(H,47,51)(H,54,55)/t36-,37+,38?,39+,40+,41+/m0/s1. The first-order valence-corrected chi connectivity index (χ1v) is 28.3. The molecule has 0 radical (unpaired) electrons. The number of rotatable bonds is 26. The van der Waals surface area contributed by atoms with E-state index < -0.39 is 70.5 Å². The van der Waals surface area contributed by atoms with Crippen LogP contribution in [-0.2, 0) is 29.7 Å². The maximum absolute atomic E-state index is 14.4. The quantitative estimate of drug-likeness (QED) is 0.0535. The van der Waals surface area contributed by atoms with Gasteiger partial charge in [0, 0.05) is 25.2 Å². The summed E-state index contributed by atoms with van der Waals surface area (Å²) in [5.41, 5.74) is 5.08. The zero-order chi connectivity index (χ0) is 46.5. The number of unbranched alkanes of at least 4 members (excludes halogenated alkanes) is 7. The van der Waals surface area contributed by atoms with E-state index in [9.17, 15) is 29.4 Å². The van der Waals surface area contributed by atoms with Crippen molar-refractivity contribution in [1.82, 2.24) is 19.8 Å². The lowest BCUT2D eigenvalue weighted by molar-refractivity contribution is -0.149. The van der Waals surface area contributed by atoms with Crippen molar-refractivity contribution in [1.29, 1.82) is 0 Å². The van der Waals surface area contributed by atoms with Gasteiger partial charge >= 0.3 is 11.7 Å². The molecular formula is C45H79N5O10Si2. The number of methoxy groups -OCH3 is 1. The summed E-state index contributed by atoms with van der Waals surface area (Å²) in [6, 6.07) is 6.84. The minimum atomic E-state index is -2.70. The number of amides is 1. The predicted molar refractivity (Wildman–Crippen MR) is 249 cm³/mol. The topological polar surface area (TPSA) is 206 Å². The summed E-state index contributed by atoms with van der Waals surface area (Å²) >= 11 is 0. The molecule has 1 aliphatic heterocycles. The van der Waals surface area contributed by atoms with E-state index in [2.05, 4.69) is 78.4 Å². The van der Waals surface area contributed by atoms with Crippen LogP contribution in [-0.4, -0.2) is 105 Å². The number of nitrogens with one attached hydrogen (secondary N) is 2. The molecule has 1 aromatic carbocycles. The number of hydrogen-bond acceptors (Lipinski definition) is 11. The third kappa shape index (κ3) is 15.0. The Kier molecular flexibility index (Phi) is 20.3. The number of ether oxygens (including phenoxy) is 2. The van der Waals surface area contributed by atoms with Gasteiger partial charge in [-0.1, -0.05) is 92.2 Å². The van der Waals surface area contributed by atoms with Crippen LogP contribution in [0.25, 0.3) is 0 Å². The molecule has 1 saturated heterocycles. The summed E-state index contributed by atoms with van der Waals surface area (Å²) in [7, 11) is -3.83. The lowest BCUT2D eigenvalue weighted by atomic mass is 9.99. The zero-order valence-corrected chi connectivity index (χ0v) is 41.5. The van der Waals surface area contributed by atoms with Gasteiger partial charge in [0.2, 0.25) is 5.91 Å². The molecular weight excluding hydrogens is 827 g/mol. The summed E-state index contributed by atoms with van der Waals surface area (Å²) < 4.78 is 28.6. The first kappa shape index (κ1) is 53.2. The third-order valence-corrected chi connectivity index (χ3v) is 21.9. The molecule has 0 bridgehead atoms. The van der Waals surface area contributed by atoms with Crippen LogP contribution in [0.2, 0.25) is 36.3 Å². The average molecular weight is 906 g/mol. The minimum Gasteiger partial charge on any atom is -0.497 e. The number of carboxylic acid groups (broad SMARTS) is 1. The largest absolute Gasteiger partial charge is 0.497 e. The van der Waals surface area contributed by atoms with E-state index in [1.54, 1.807) is 31.4 Å². The molecule has 3 rings (SSSR count). The number of benzene rings is 1. The second-order valence-corrected chi connectivity index (χ2v) is 29.3. The Balaban J connectivity index is 1.90. The molecule has 352 valence electrons. The van der Waals surface area contributed by atoms with Crippen LogP contribution in [0, 0.1) is 0 Å². The summed E-state index contributed by atoms with van der Waals surface area (Å²) in [4.78, 5) is 53.1. The normalized spacial score (nSPS) is 19.6. The molecule has 0 spiro atoms. The van der Waals surface area contributed by atoms with Crippen molar-refractivity contribution in [3.63, 3.8) is 0 Å². The van der Waals surface area contributed by atoms with E-state index >= 15 is 0 Å². The van der Waals surface area contributed by atoms with E-state index in [1.165, 1.54) is 36.1 Å². The number of aromatic nitrogens is 2. The highest BCUT2D eigenvalue weighted by Crippen LogP contribution is 2.46. The van der Waals surface area contributed by atoms with E-state index in [0.717, 1.165) is 43.2 Å². The number of carboxylic acids is 1. The van der Waals surface area contributed by atoms with Crippen molar-refractivity contribution in [2.24, 2.45) is 5.73 Å². The van der Waals surface area contributed by atoms with Gasteiger partial charge in [-0.3, -0.25) is 23.5 Å². The van der Waals surface area contributed by atoms with E-state index in [1.807, 2.05) is 0 Å². The molecule has 17 heteroatoms. The number of aliphatic carboxylic acids is 1. The molecule has 1 unspecified atom stereocenters. The Bertz CT molecular complexity index is 1820. The van der Waals surface area contributed by atoms with Crippen LogP contribution in [0.1, 0.15) is 118 Å². The molecule has 15 nitrogen and oxygen atoms in total. The van der Waals surface area contributed by atoms with Gasteiger partial charge in [-0.05, 0) is 86.3 Å². The van der Waals surface area contributed by atoms with Gasteiger partial charge in [-0.25, -0.2) is 4.79 Å². The fourth-order valence-corrected chi connectivity index (χ4v) is 9.52. The average Bonchev–Trinajstić information content (AvgIpc) is 3.51. The Morgan fingerprint density at radius 2 is 1.37 bits per heavy atom. The number of aliphatic hydroxyl groups is 1. The fourth-order valence-electron chi connectivity index (χ4n) is 6.94. The van der Waals surface area contributed by atoms with Gasteiger partial charge in [0.05, 0.1) is 13.7 Å². The van der Waals surface area contributed by atoms with Crippen LogP contribution < -0.4 is 32.4 Å². The van der Waals surface area contributed by atoms with Crippen molar-refractivity contribution in [2.45, 2.75) is 185 Å². The molecule has 6 atom stereocenters. The molecule has 1 amide bonds. The monoisotopic (exact) mass is 906 g/mol. The lowest BCUT2D eigenvalue weighted by Crippen LogP contribution is -2.59. The van der Waals surface area contributed by atoms with Crippen molar-refractivity contribution < 1.29 is 38.1 Å². The second kappa shape index (κ2) is 23.7. The van der Waals surface area contributed by atoms with Gasteiger partial charge in [-0.2, -0.15) is 0 Å². The number of aliphatic hydroxyl groups excluding tert-OH is 1. The summed E-state index contributed by atoms with van der Waals surface area (Å²) in [5.74, 6) is -0.713. The molecule has 1 aliphatic rings. The Morgan fingerprint density at radius 3 is 1.90 bits per heavy atom. The number of carbonyl (C=O) groups is 2. The van der Waals surface area contributed by atoms with Gasteiger partial charge in [0.1, 0.15) is 36.2 Å². The maximum Gasteiger partial charge on any atom is 0.333 e. The molecule has 0 saturated carbocycles. The van der Waals surface area contributed by atoms with Crippen molar-refractivity contribution >= 4 is 28.5 Å². The lowest BCUT2D eigenvalue weighted by Gasteiger charge is -2.44. The minimum absolute atomic E-state index is 0.0271. The highest BCUT2D eigenvalue weighted by Gasteiger charge is 2.57. The number of nitrogens with two attached hydrogens (primary N) is 1. The second-order valence-electron chi connectivity index (χ2n) is 19.8. The highest BCUT2D eigenvalue weighted by molar-refractivity contribution is 6.74. The molecule has 0 aliphatic carbocycles. The van der Waals surface area contributed by atoms with Gasteiger partial charge in [-0.15, -0.1) is 0 Å². The Hall–Kier alpha value is -3.17. The van der Waals surface area contributed by atoms with Crippen LogP contribution in [0.15, 0.2) is 46.1 Å². The van der Waals surface area contributed by atoms with Crippen LogP contribution >= 0.6 is 0 Å². The van der Waals surface area contributed by atoms with Gasteiger partial charge < -0.3 is 44.9 Å². The maximum atomic E-state index is 14.4. The zero-order valence-electron chi connectivity index (χ0n) is 39.5. The molecule has 62 heavy (non-hydrogen) atoms. The van der Waals surface area contributed by atoms with Crippen molar-refractivity contribution in [3.8, 4) is 5.75 Å². The number of carbonyl (C=O) groups excluding carboxylic acids is 1. The Labute approximate surface area is 371 Å². The van der Waals surface area contributed by atoms with Crippen LogP contribution in [0.3, 0.4) is 0 Å². The van der Waals surface area contributed by atoms with Crippen molar-refractivity contribution in [3.05, 3.63) is 62.9 Å². The van der Waals surface area contributed by atoms with E-state index in [-0.39, 0.29) is 29.1 Å². The fraction of sp³-hybridized carbons (Fsp3) is 0.733. The van der Waals surface area contributed by atoms with E-state index in [4.69, 9.17) is 24.1 Å². The Morgan fingerprint density at radius 1 is 0.823 bits per heavy atom. The molecule has 1 aromatic heterocycles. The molecule has 2 aromatic rings. The number of nitrogens with zero attached hydrogens (tertiary/aromatic N) is 2. The van der Waals surface area contributed by atoms with Crippen LogP contribution in [0.5, 0.6) is 5.75 Å².